The summed E-state index contributed by atoms with van der Waals surface area (Å²) in [6.07, 6.45) is 0.724. The van der Waals surface area contributed by atoms with Crippen LogP contribution in [0.2, 0.25) is 10.0 Å². The summed E-state index contributed by atoms with van der Waals surface area (Å²) in [5.41, 5.74) is 0.616. The van der Waals surface area contributed by atoms with E-state index in [2.05, 4.69) is 5.32 Å². The average Bonchev–Trinajstić information content (AvgIpc) is 2.76. The highest BCUT2D eigenvalue weighted by atomic mass is 35.5. The molecular formula is C23H28Cl2N2O4. The number of likely N-dealkylation sites (N-methyl/N-ethyl adjacent to an activating group) is 1. The van der Waals surface area contributed by atoms with Gasteiger partial charge in [0.2, 0.25) is 11.8 Å². The maximum atomic E-state index is 13.0. The standard InChI is InChI=1S/C23H28Cl2N2O4/c1-4-26-23(29)16(2)27(15-19-20(24)7-5-8-21(19)25)22(28)9-6-14-31-18-12-10-17(30-3)11-13-18/h5,7-8,10-13,16H,4,6,9,14-15H2,1-3H3,(H,26,29)/t16-/m0/s1. The fraction of sp³-hybridized carbons (Fsp3) is 0.391. The van der Waals surface area contributed by atoms with E-state index in [1.165, 1.54) is 4.90 Å². The SMILES string of the molecule is CCNC(=O)[C@H](C)N(Cc1c(Cl)cccc1Cl)C(=O)CCCOc1ccc(OC)cc1. The lowest BCUT2D eigenvalue weighted by Gasteiger charge is -2.29. The second kappa shape index (κ2) is 12.4. The Hall–Kier alpha value is -2.44. The smallest absolute Gasteiger partial charge is 0.242 e. The van der Waals surface area contributed by atoms with Crippen molar-refractivity contribution in [2.75, 3.05) is 20.3 Å². The Morgan fingerprint density at radius 2 is 1.68 bits per heavy atom. The van der Waals surface area contributed by atoms with Gasteiger partial charge in [0.05, 0.1) is 13.7 Å². The van der Waals surface area contributed by atoms with E-state index in [1.807, 2.05) is 31.2 Å². The largest absolute Gasteiger partial charge is 0.497 e. The third-order valence-corrected chi connectivity index (χ3v) is 5.48. The number of nitrogens with zero attached hydrogens (tertiary/aromatic N) is 1. The number of benzene rings is 2. The third-order valence-electron chi connectivity index (χ3n) is 4.77. The minimum absolute atomic E-state index is 0.148. The second-order valence-corrected chi connectivity index (χ2v) is 7.73. The second-order valence-electron chi connectivity index (χ2n) is 6.92. The molecule has 1 atom stereocenters. The van der Waals surface area contributed by atoms with E-state index in [0.717, 1.165) is 5.75 Å². The molecule has 0 aliphatic carbocycles. The number of carbonyl (C=O) groups is 2. The number of halogens is 2. The minimum Gasteiger partial charge on any atom is -0.497 e. The van der Waals surface area contributed by atoms with Crippen molar-refractivity contribution in [2.24, 2.45) is 0 Å². The van der Waals surface area contributed by atoms with Crippen LogP contribution in [0.25, 0.3) is 0 Å². The van der Waals surface area contributed by atoms with Crippen molar-refractivity contribution in [1.82, 2.24) is 10.2 Å². The molecule has 0 fully saturated rings. The number of nitrogens with one attached hydrogen (secondary N) is 1. The number of hydrogen-bond acceptors (Lipinski definition) is 4. The molecule has 0 aromatic heterocycles. The molecule has 1 N–H and O–H groups in total. The fourth-order valence-electron chi connectivity index (χ4n) is 2.99. The Kier molecular flexibility index (Phi) is 9.95. The van der Waals surface area contributed by atoms with Crippen LogP contribution in [0.1, 0.15) is 32.3 Å². The van der Waals surface area contributed by atoms with E-state index in [9.17, 15) is 9.59 Å². The van der Waals surface area contributed by atoms with Gasteiger partial charge < -0.3 is 19.7 Å². The summed E-state index contributed by atoms with van der Waals surface area (Å²) in [6.45, 7) is 4.52. The lowest BCUT2D eigenvalue weighted by atomic mass is 10.1. The Morgan fingerprint density at radius 1 is 1.06 bits per heavy atom. The molecule has 0 spiro atoms. The van der Waals surface area contributed by atoms with Crippen molar-refractivity contribution >= 4 is 35.0 Å². The molecule has 168 valence electrons. The average molecular weight is 467 g/mol. The van der Waals surface area contributed by atoms with Crippen LogP contribution in [0, 0.1) is 0 Å². The van der Waals surface area contributed by atoms with Gasteiger partial charge >= 0.3 is 0 Å². The molecule has 6 nitrogen and oxygen atoms in total. The van der Waals surface area contributed by atoms with Crippen molar-refractivity contribution < 1.29 is 19.1 Å². The summed E-state index contributed by atoms with van der Waals surface area (Å²) in [5.74, 6) is 1.04. The van der Waals surface area contributed by atoms with Gasteiger partial charge in [0.25, 0.3) is 0 Å². The van der Waals surface area contributed by atoms with E-state index in [1.54, 1.807) is 32.2 Å². The van der Waals surface area contributed by atoms with E-state index in [-0.39, 0.29) is 24.8 Å². The van der Waals surface area contributed by atoms with Crippen LogP contribution < -0.4 is 14.8 Å². The first-order chi connectivity index (χ1) is 14.9. The number of rotatable bonds is 11. The molecule has 0 heterocycles. The first-order valence-electron chi connectivity index (χ1n) is 10.1. The van der Waals surface area contributed by atoms with Crippen molar-refractivity contribution in [2.45, 2.75) is 39.3 Å². The highest BCUT2D eigenvalue weighted by Gasteiger charge is 2.26. The lowest BCUT2D eigenvalue weighted by Crippen LogP contribution is -2.47. The predicted octanol–water partition coefficient (Wildman–Crippen LogP) is 4.71. The molecule has 0 saturated heterocycles. The summed E-state index contributed by atoms with van der Waals surface area (Å²) in [6, 6.07) is 11.7. The summed E-state index contributed by atoms with van der Waals surface area (Å²) in [4.78, 5) is 26.9. The van der Waals surface area contributed by atoms with Gasteiger partial charge in [-0.3, -0.25) is 9.59 Å². The molecule has 0 radical (unpaired) electrons. The monoisotopic (exact) mass is 466 g/mol. The van der Waals surface area contributed by atoms with Gasteiger partial charge in [-0.1, -0.05) is 29.3 Å². The maximum Gasteiger partial charge on any atom is 0.242 e. The molecule has 8 heteroatoms. The lowest BCUT2D eigenvalue weighted by molar-refractivity contribution is -0.140. The summed E-state index contributed by atoms with van der Waals surface area (Å²) in [7, 11) is 1.60. The van der Waals surface area contributed by atoms with Crippen molar-refractivity contribution in [3.05, 3.63) is 58.1 Å². The van der Waals surface area contributed by atoms with Gasteiger partial charge in [-0.25, -0.2) is 0 Å². The molecule has 2 rings (SSSR count). The molecule has 31 heavy (non-hydrogen) atoms. The number of carbonyl (C=O) groups excluding carboxylic acids is 2. The Bertz CT molecular complexity index is 854. The zero-order valence-corrected chi connectivity index (χ0v) is 19.5. The van der Waals surface area contributed by atoms with Crippen molar-refractivity contribution in [3.63, 3.8) is 0 Å². The number of methoxy groups -OCH3 is 1. The summed E-state index contributed by atoms with van der Waals surface area (Å²) in [5, 5.41) is 3.67. The van der Waals surface area contributed by atoms with E-state index in [0.29, 0.717) is 40.9 Å². The zero-order chi connectivity index (χ0) is 22.8. The Balaban J connectivity index is 2.02. The highest BCUT2D eigenvalue weighted by molar-refractivity contribution is 6.36. The van der Waals surface area contributed by atoms with Crippen LogP contribution in [0.4, 0.5) is 0 Å². The van der Waals surface area contributed by atoms with E-state index >= 15 is 0 Å². The fourth-order valence-corrected chi connectivity index (χ4v) is 3.50. The third kappa shape index (κ3) is 7.33. The molecule has 0 saturated carbocycles. The normalized spacial score (nSPS) is 11.5. The van der Waals surface area contributed by atoms with Gasteiger partial charge in [-0.2, -0.15) is 0 Å². The first-order valence-corrected chi connectivity index (χ1v) is 10.9. The molecular weight excluding hydrogens is 439 g/mol. The summed E-state index contributed by atoms with van der Waals surface area (Å²) >= 11 is 12.6. The van der Waals surface area contributed by atoms with E-state index < -0.39 is 6.04 Å². The van der Waals surface area contributed by atoms with E-state index in [4.69, 9.17) is 32.7 Å². The minimum atomic E-state index is -0.665. The van der Waals surface area contributed by atoms with Gasteiger partial charge in [0, 0.05) is 35.1 Å². The summed E-state index contributed by atoms with van der Waals surface area (Å²) < 4.78 is 10.8. The van der Waals surface area contributed by atoms with Crippen LogP contribution in [0.15, 0.2) is 42.5 Å². The molecule has 2 amide bonds. The predicted molar refractivity (Wildman–Crippen MR) is 123 cm³/mol. The molecule has 2 aromatic rings. The van der Waals surface area contributed by atoms with Crippen LogP contribution in [0.3, 0.4) is 0 Å². The van der Waals surface area contributed by atoms with Gasteiger partial charge in [0.15, 0.2) is 0 Å². The van der Waals surface area contributed by atoms with Crippen LogP contribution in [0.5, 0.6) is 11.5 Å². The number of amides is 2. The van der Waals surface area contributed by atoms with Crippen LogP contribution in [-0.4, -0.2) is 43.0 Å². The van der Waals surface area contributed by atoms with Gasteiger partial charge in [-0.05, 0) is 56.7 Å². The van der Waals surface area contributed by atoms with Crippen LogP contribution in [-0.2, 0) is 16.1 Å². The first kappa shape index (κ1) is 24.8. The molecule has 2 aromatic carbocycles. The number of ether oxygens (including phenoxy) is 2. The van der Waals surface area contributed by atoms with Crippen molar-refractivity contribution in [3.8, 4) is 11.5 Å². The number of hydrogen-bond donors (Lipinski definition) is 1. The molecule has 0 aliphatic heterocycles. The quantitative estimate of drug-likeness (QED) is 0.486. The van der Waals surface area contributed by atoms with Gasteiger partial charge in [0.1, 0.15) is 17.5 Å². The molecule has 0 aliphatic rings. The Morgan fingerprint density at radius 3 is 2.26 bits per heavy atom. The molecule has 0 unspecified atom stereocenters. The zero-order valence-electron chi connectivity index (χ0n) is 18.0. The van der Waals surface area contributed by atoms with Crippen molar-refractivity contribution in [1.29, 1.82) is 0 Å². The maximum absolute atomic E-state index is 13.0. The highest BCUT2D eigenvalue weighted by Crippen LogP contribution is 2.27. The van der Waals surface area contributed by atoms with Gasteiger partial charge in [-0.15, -0.1) is 0 Å². The topological polar surface area (TPSA) is 67.9 Å². The molecule has 0 bridgehead atoms. The Labute approximate surface area is 193 Å². The van der Waals surface area contributed by atoms with Crippen LogP contribution >= 0.6 is 23.2 Å².